The normalized spacial score (nSPS) is 16.7. The lowest BCUT2D eigenvalue weighted by Crippen LogP contribution is -2.18. The van der Waals surface area contributed by atoms with E-state index in [-0.39, 0.29) is 0 Å². The summed E-state index contributed by atoms with van der Waals surface area (Å²) in [4.78, 5) is 0. The first-order valence-corrected chi connectivity index (χ1v) is 7.97. The van der Waals surface area contributed by atoms with E-state index in [0.29, 0.717) is 0 Å². The van der Waals surface area contributed by atoms with Crippen molar-refractivity contribution in [2.24, 2.45) is 0 Å². The minimum atomic E-state index is -2.03. The maximum absolute atomic E-state index is 13.5. The van der Waals surface area contributed by atoms with Gasteiger partial charge < -0.3 is 29.4 Å². The van der Waals surface area contributed by atoms with Gasteiger partial charge in [-0.3, -0.25) is 0 Å². The summed E-state index contributed by atoms with van der Waals surface area (Å²) in [6.45, 7) is 4.78. The molecule has 0 bridgehead atoms. The van der Waals surface area contributed by atoms with E-state index in [1.807, 2.05) is 0 Å². The molecule has 0 spiro atoms. The molecule has 0 fully saturated rings. The molecule has 0 heterocycles. The van der Waals surface area contributed by atoms with Gasteiger partial charge in [0.2, 0.25) is 49.0 Å². The van der Waals surface area contributed by atoms with Gasteiger partial charge in [-0.05, 0) is 0 Å². The topological polar surface area (TPSA) is 72.2 Å². The molecule has 0 aromatic heterocycles. The lowest BCUT2D eigenvalue weighted by atomic mass is 10.2. The van der Waals surface area contributed by atoms with Crippen molar-refractivity contribution in [1.82, 2.24) is 0 Å². The summed E-state index contributed by atoms with van der Waals surface area (Å²) in [5.41, 5.74) is 5.21. The van der Waals surface area contributed by atoms with Crippen molar-refractivity contribution in [3.8, 4) is 28.7 Å². The third kappa shape index (κ3) is 6.40. The molecular weight excluding hydrogens is 381 g/mol. The van der Waals surface area contributed by atoms with Crippen LogP contribution >= 0.6 is 0 Å². The van der Waals surface area contributed by atoms with E-state index in [9.17, 15) is 22.0 Å². The number of anilines is 1. The van der Waals surface area contributed by atoms with Gasteiger partial charge in [0.25, 0.3) is 0 Å². The fraction of sp³-hybridized carbons (Fsp3) is 0.625. The summed E-state index contributed by atoms with van der Waals surface area (Å²) in [7, 11) is 0. The molecule has 0 saturated carbocycles. The average Bonchev–Trinajstić information content (AvgIpc) is 2.49. The van der Waals surface area contributed by atoms with Crippen LogP contribution in [0.15, 0.2) is 0 Å². The molecule has 11 heteroatoms. The SMILES string of the molecule is CC(F)Oc1c(N)c(OC(C)F)c(OC(C)F)c(OC(C)F)c1OC(C)F. The van der Waals surface area contributed by atoms with Crippen molar-refractivity contribution in [1.29, 1.82) is 0 Å². The highest BCUT2D eigenvalue weighted by Gasteiger charge is 2.33. The predicted molar refractivity (Wildman–Crippen MR) is 86.8 cm³/mol. The first-order chi connectivity index (χ1) is 12.4. The smallest absolute Gasteiger partial charge is 0.236 e. The second-order valence-corrected chi connectivity index (χ2v) is 5.36. The highest BCUT2D eigenvalue weighted by atomic mass is 19.2. The molecule has 1 aromatic carbocycles. The first kappa shape index (κ1) is 22.7. The van der Waals surface area contributed by atoms with E-state index in [0.717, 1.165) is 34.6 Å². The van der Waals surface area contributed by atoms with Crippen LogP contribution in [0.5, 0.6) is 28.7 Å². The van der Waals surface area contributed by atoms with E-state index in [4.69, 9.17) is 29.4 Å². The van der Waals surface area contributed by atoms with Gasteiger partial charge in [0.1, 0.15) is 5.69 Å². The van der Waals surface area contributed by atoms with Gasteiger partial charge in [-0.15, -0.1) is 0 Å². The number of nitrogens with two attached hydrogens (primary N) is 1. The van der Waals surface area contributed by atoms with Gasteiger partial charge in [-0.25, -0.2) is 22.0 Å². The standard InChI is InChI=1S/C16H22F5NO5/c1-6(17)23-12-11(22)13(24-7(2)18)15(26-9(4)20)16(27-10(5)21)14(12)25-8(3)19/h6-10H,22H2,1-5H3. The molecule has 0 saturated heterocycles. The number of hydrogen-bond donors (Lipinski definition) is 1. The van der Waals surface area contributed by atoms with Crippen LogP contribution in [0, 0.1) is 0 Å². The van der Waals surface area contributed by atoms with Gasteiger partial charge >= 0.3 is 0 Å². The predicted octanol–water partition coefficient (Wildman–Crippen LogP) is 4.74. The largest absolute Gasteiger partial charge is 0.454 e. The molecule has 0 aliphatic carbocycles. The second kappa shape index (κ2) is 9.56. The zero-order valence-electron chi connectivity index (χ0n) is 15.4. The van der Waals surface area contributed by atoms with E-state index in [2.05, 4.69) is 0 Å². The Morgan fingerprint density at radius 2 is 0.667 bits per heavy atom. The second-order valence-electron chi connectivity index (χ2n) is 5.36. The van der Waals surface area contributed by atoms with Gasteiger partial charge in [-0.2, -0.15) is 0 Å². The van der Waals surface area contributed by atoms with Crippen LogP contribution in [-0.2, 0) is 0 Å². The summed E-state index contributed by atoms with van der Waals surface area (Å²) in [6.07, 6.45) is -10.0. The lowest BCUT2D eigenvalue weighted by molar-refractivity contribution is 0.0278. The molecule has 0 aliphatic heterocycles. The van der Waals surface area contributed by atoms with Crippen molar-refractivity contribution in [3.63, 3.8) is 0 Å². The Bertz CT molecular complexity index is 581. The highest BCUT2D eigenvalue weighted by Crippen LogP contribution is 2.57. The quantitative estimate of drug-likeness (QED) is 0.449. The van der Waals surface area contributed by atoms with Crippen LogP contribution < -0.4 is 29.4 Å². The molecule has 0 radical (unpaired) electrons. The Morgan fingerprint density at radius 1 is 0.481 bits per heavy atom. The molecule has 0 aliphatic rings. The van der Waals surface area contributed by atoms with Gasteiger partial charge in [-0.1, -0.05) is 0 Å². The Morgan fingerprint density at radius 3 is 0.889 bits per heavy atom. The summed E-state index contributed by atoms with van der Waals surface area (Å²) < 4.78 is 91.7. The fourth-order valence-corrected chi connectivity index (χ4v) is 2.02. The number of ether oxygens (including phenoxy) is 5. The monoisotopic (exact) mass is 403 g/mol. The minimum Gasteiger partial charge on any atom is -0.454 e. The third-order valence-corrected chi connectivity index (χ3v) is 2.72. The van der Waals surface area contributed by atoms with Crippen LogP contribution in [0.25, 0.3) is 0 Å². The van der Waals surface area contributed by atoms with Gasteiger partial charge in [0.15, 0.2) is 11.5 Å². The minimum absolute atomic E-state index is 0.589. The number of hydrogen-bond acceptors (Lipinski definition) is 6. The molecule has 0 amide bonds. The molecule has 2 N–H and O–H groups in total. The Labute approximate surface area is 153 Å². The van der Waals surface area contributed by atoms with E-state index >= 15 is 0 Å². The molecular formula is C16H22F5NO5. The maximum atomic E-state index is 13.5. The summed E-state index contributed by atoms with van der Waals surface area (Å²) in [6, 6.07) is 0. The van der Waals surface area contributed by atoms with Crippen molar-refractivity contribution in [3.05, 3.63) is 0 Å². The van der Waals surface area contributed by atoms with Gasteiger partial charge in [0, 0.05) is 34.6 Å². The Balaban J connectivity index is 3.85. The number of halogens is 5. The number of benzene rings is 1. The molecule has 5 atom stereocenters. The van der Waals surface area contributed by atoms with Crippen LogP contribution in [-0.4, -0.2) is 31.8 Å². The van der Waals surface area contributed by atoms with Crippen molar-refractivity contribution in [2.45, 2.75) is 66.4 Å². The number of rotatable bonds is 10. The van der Waals surface area contributed by atoms with Crippen molar-refractivity contribution >= 4 is 5.69 Å². The summed E-state index contributed by atoms with van der Waals surface area (Å²) in [5, 5.41) is 0. The maximum Gasteiger partial charge on any atom is 0.236 e. The highest BCUT2D eigenvalue weighted by molar-refractivity contribution is 5.79. The molecule has 156 valence electrons. The Kier molecular flexibility index (Phi) is 8.04. The van der Waals surface area contributed by atoms with Crippen LogP contribution in [0.1, 0.15) is 34.6 Å². The molecule has 5 unspecified atom stereocenters. The third-order valence-electron chi connectivity index (χ3n) is 2.72. The average molecular weight is 403 g/mol. The summed E-state index contributed by atoms with van der Waals surface area (Å²) >= 11 is 0. The molecule has 27 heavy (non-hydrogen) atoms. The van der Waals surface area contributed by atoms with E-state index < -0.39 is 66.2 Å². The fourth-order valence-electron chi connectivity index (χ4n) is 2.02. The van der Waals surface area contributed by atoms with Crippen LogP contribution in [0.2, 0.25) is 0 Å². The van der Waals surface area contributed by atoms with Crippen molar-refractivity contribution in [2.75, 3.05) is 5.73 Å². The molecule has 1 rings (SSSR count). The molecule has 1 aromatic rings. The summed E-state index contributed by atoms with van der Waals surface area (Å²) in [5.74, 6) is -3.45. The number of alkyl halides is 5. The molecule has 6 nitrogen and oxygen atoms in total. The number of nitrogen functional groups attached to an aromatic ring is 1. The zero-order chi connectivity index (χ0) is 20.9. The zero-order valence-corrected chi connectivity index (χ0v) is 15.4. The lowest BCUT2D eigenvalue weighted by Gasteiger charge is -2.25. The van der Waals surface area contributed by atoms with Crippen LogP contribution in [0.4, 0.5) is 27.6 Å². The van der Waals surface area contributed by atoms with E-state index in [1.165, 1.54) is 0 Å². The van der Waals surface area contributed by atoms with Crippen LogP contribution in [0.3, 0.4) is 0 Å². The first-order valence-electron chi connectivity index (χ1n) is 7.97. The van der Waals surface area contributed by atoms with E-state index in [1.54, 1.807) is 0 Å². The van der Waals surface area contributed by atoms with Crippen molar-refractivity contribution < 1.29 is 45.6 Å². The van der Waals surface area contributed by atoms with Gasteiger partial charge in [0.05, 0.1) is 0 Å². The Hall–Kier alpha value is -2.33.